The number of nitrogens with zero attached hydrogens (tertiary/aromatic N) is 1. The lowest BCUT2D eigenvalue weighted by Gasteiger charge is -2.15. The van der Waals surface area contributed by atoms with Gasteiger partial charge < -0.3 is 0 Å². The van der Waals surface area contributed by atoms with E-state index < -0.39 is 0 Å². The van der Waals surface area contributed by atoms with Crippen LogP contribution in [0.25, 0.3) is 0 Å². The molecular weight excluding hydrogens is 318 g/mol. The number of anilines is 1. The van der Waals surface area contributed by atoms with E-state index in [1.54, 1.807) is 24.3 Å². The first-order chi connectivity index (χ1) is 10.5. The first kappa shape index (κ1) is 15.1. The molecule has 1 atom stereocenters. The number of thioether (sulfide) groups is 1. The molecule has 112 valence electrons. The predicted octanol–water partition coefficient (Wildman–Crippen LogP) is 4.07. The summed E-state index contributed by atoms with van der Waals surface area (Å²) in [4.78, 5) is 27.0. The van der Waals surface area contributed by atoms with Crippen LogP contribution in [0.3, 0.4) is 0 Å². The molecule has 0 aromatic heterocycles. The molecule has 0 saturated carbocycles. The van der Waals surface area contributed by atoms with E-state index in [2.05, 4.69) is 0 Å². The van der Waals surface area contributed by atoms with Gasteiger partial charge in [0.05, 0.1) is 10.9 Å². The Balaban J connectivity index is 1.79. The molecule has 0 spiro atoms. The minimum Gasteiger partial charge on any atom is -0.274 e. The molecule has 2 amide bonds. The number of benzene rings is 2. The van der Waals surface area contributed by atoms with E-state index >= 15 is 0 Å². The van der Waals surface area contributed by atoms with Gasteiger partial charge in [-0.2, -0.15) is 0 Å². The second kappa shape index (κ2) is 6.15. The molecule has 0 N–H and O–H groups in total. The summed E-state index contributed by atoms with van der Waals surface area (Å²) in [6.07, 6.45) is 0.222. The Morgan fingerprint density at radius 3 is 2.32 bits per heavy atom. The quantitative estimate of drug-likeness (QED) is 0.795. The molecule has 1 saturated heterocycles. The highest BCUT2D eigenvalue weighted by Gasteiger charge is 2.40. The first-order valence-corrected chi connectivity index (χ1v) is 8.16. The highest BCUT2D eigenvalue weighted by molar-refractivity contribution is 8.00. The highest BCUT2D eigenvalue weighted by atomic mass is 35.5. The van der Waals surface area contributed by atoms with Gasteiger partial charge in [0.2, 0.25) is 11.8 Å². The minimum absolute atomic E-state index is 0.169. The third-order valence-electron chi connectivity index (χ3n) is 3.49. The fraction of sp³-hybridized carbons (Fsp3) is 0.176. The fourth-order valence-corrected chi connectivity index (χ4v) is 3.52. The van der Waals surface area contributed by atoms with Crippen LogP contribution < -0.4 is 4.90 Å². The van der Waals surface area contributed by atoms with E-state index in [0.29, 0.717) is 10.7 Å². The van der Waals surface area contributed by atoms with Crippen LogP contribution in [0.2, 0.25) is 5.02 Å². The lowest BCUT2D eigenvalue weighted by Crippen LogP contribution is -2.31. The topological polar surface area (TPSA) is 37.4 Å². The van der Waals surface area contributed by atoms with Gasteiger partial charge in [-0.25, -0.2) is 4.90 Å². The zero-order valence-electron chi connectivity index (χ0n) is 12.0. The normalized spacial score (nSPS) is 18.1. The number of carbonyl (C=O) groups is 2. The molecule has 1 aliphatic heterocycles. The average molecular weight is 332 g/mol. The fourth-order valence-electron chi connectivity index (χ4n) is 2.34. The van der Waals surface area contributed by atoms with Gasteiger partial charge in [-0.3, -0.25) is 9.59 Å². The maximum absolute atomic E-state index is 12.5. The standard InChI is InChI=1S/C17H14ClNO2S/c1-11-2-8-14(9-3-11)22-15-10-16(20)19(17(15)21)13-6-4-12(18)5-7-13/h2-9,15H,10H2,1H3/t15-/m0/s1. The number of carbonyl (C=O) groups excluding carboxylic acids is 2. The predicted molar refractivity (Wildman–Crippen MR) is 89.4 cm³/mol. The summed E-state index contributed by atoms with van der Waals surface area (Å²) in [7, 11) is 0. The maximum atomic E-state index is 12.5. The summed E-state index contributed by atoms with van der Waals surface area (Å²) >= 11 is 7.28. The van der Waals surface area contributed by atoms with E-state index in [-0.39, 0.29) is 23.5 Å². The minimum atomic E-state index is -0.370. The molecule has 1 aliphatic rings. The van der Waals surface area contributed by atoms with Crippen LogP contribution in [-0.4, -0.2) is 17.1 Å². The molecule has 22 heavy (non-hydrogen) atoms. The van der Waals surface area contributed by atoms with E-state index in [4.69, 9.17) is 11.6 Å². The zero-order valence-corrected chi connectivity index (χ0v) is 13.5. The van der Waals surface area contributed by atoms with E-state index in [1.165, 1.54) is 22.2 Å². The Morgan fingerprint density at radius 2 is 1.68 bits per heavy atom. The van der Waals surface area contributed by atoms with Crippen molar-refractivity contribution in [1.29, 1.82) is 0 Å². The number of imide groups is 1. The van der Waals surface area contributed by atoms with Gasteiger partial charge in [-0.15, -0.1) is 11.8 Å². The summed E-state index contributed by atoms with van der Waals surface area (Å²) < 4.78 is 0. The van der Waals surface area contributed by atoms with Crippen LogP contribution in [-0.2, 0) is 9.59 Å². The summed E-state index contributed by atoms with van der Waals surface area (Å²) in [6.45, 7) is 2.01. The number of halogens is 1. The van der Waals surface area contributed by atoms with E-state index in [9.17, 15) is 9.59 Å². The molecule has 2 aromatic carbocycles. The van der Waals surface area contributed by atoms with Crippen molar-refractivity contribution in [2.75, 3.05) is 4.90 Å². The van der Waals surface area contributed by atoms with Crippen molar-refractivity contribution < 1.29 is 9.59 Å². The second-order valence-corrected chi connectivity index (χ2v) is 6.88. The van der Waals surface area contributed by atoms with Gasteiger partial charge in [0.25, 0.3) is 0 Å². The summed E-state index contributed by atoms with van der Waals surface area (Å²) in [5.74, 6) is -0.338. The van der Waals surface area contributed by atoms with Gasteiger partial charge in [0.15, 0.2) is 0 Å². The zero-order chi connectivity index (χ0) is 15.7. The average Bonchev–Trinajstić information content (AvgIpc) is 2.77. The molecule has 0 radical (unpaired) electrons. The van der Waals surface area contributed by atoms with Gasteiger partial charge in [0.1, 0.15) is 0 Å². The van der Waals surface area contributed by atoms with Gasteiger partial charge in [-0.05, 0) is 43.3 Å². The SMILES string of the molecule is Cc1ccc(S[C@H]2CC(=O)N(c3ccc(Cl)cc3)C2=O)cc1. The monoisotopic (exact) mass is 331 g/mol. The van der Waals surface area contributed by atoms with Crippen LogP contribution >= 0.6 is 23.4 Å². The van der Waals surface area contributed by atoms with Crippen molar-refractivity contribution >= 4 is 40.9 Å². The molecule has 2 aromatic rings. The largest absolute Gasteiger partial charge is 0.274 e. The number of hydrogen-bond acceptors (Lipinski definition) is 3. The van der Waals surface area contributed by atoms with Crippen LogP contribution in [0, 0.1) is 6.92 Å². The third-order valence-corrected chi connectivity index (χ3v) is 4.94. The number of amides is 2. The number of aryl methyl sites for hydroxylation is 1. The van der Waals surface area contributed by atoms with Crippen molar-refractivity contribution in [3.05, 3.63) is 59.1 Å². The smallest absolute Gasteiger partial charge is 0.247 e. The van der Waals surface area contributed by atoms with E-state index in [1.807, 2.05) is 31.2 Å². The van der Waals surface area contributed by atoms with Crippen molar-refractivity contribution in [1.82, 2.24) is 0 Å². The number of rotatable bonds is 3. The Bertz CT molecular complexity index is 712. The van der Waals surface area contributed by atoms with Crippen LogP contribution in [0.5, 0.6) is 0 Å². The Hall–Kier alpha value is -1.78. The maximum Gasteiger partial charge on any atom is 0.247 e. The molecule has 1 heterocycles. The van der Waals surface area contributed by atoms with Crippen molar-refractivity contribution in [2.45, 2.75) is 23.5 Å². The van der Waals surface area contributed by atoms with Gasteiger partial charge in [-0.1, -0.05) is 29.3 Å². The molecule has 3 nitrogen and oxygen atoms in total. The Labute approximate surface area is 138 Å². The Kier molecular flexibility index (Phi) is 4.23. The molecule has 0 aliphatic carbocycles. The van der Waals surface area contributed by atoms with Crippen LogP contribution in [0.15, 0.2) is 53.4 Å². The molecule has 5 heteroatoms. The molecule has 1 fully saturated rings. The molecule has 0 unspecified atom stereocenters. The summed E-state index contributed by atoms with van der Waals surface area (Å²) in [5.41, 5.74) is 1.74. The van der Waals surface area contributed by atoms with Crippen molar-refractivity contribution in [3.63, 3.8) is 0 Å². The van der Waals surface area contributed by atoms with Crippen LogP contribution in [0.1, 0.15) is 12.0 Å². The van der Waals surface area contributed by atoms with Crippen molar-refractivity contribution in [3.8, 4) is 0 Å². The highest BCUT2D eigenvalue weighted by Crippen LogP contribution is 2.34. The molecular formula is C17H14ClNO2S. The molecule has 0 bridgehead atoms. The lowest BCUT2D eigenvalue weighted by molar-refractivity contribution is -0.121. The summed E-state index contributed by atoms with van der Waals surface area (Å²) in [6, 6.07) is 14.7. The number of hydrogen-bond donors (Lipinski definition) is 0. The summed E-state index contributed by atoms with van der Waals surface area (Å²) in [5, 5.41) is 0.208. The second-order valence-electron chi connectivity index (χ2n) is 5.17. The Morgan fingerprint density at radius 1 is 1.05 bits per heavy atom. The van der Waals surface area contributed by atoms with Gasteiger partial charge in [0, 0.05) is 16.3 Å². The van der Waals surface area contributed by atoms with Gasteiger partial charge >= 0.3 is 0 Å². The van der Waals surface area contributed by atoms with Crippen molar-refractivity contribution in [2.24, 2.45) is 0 Å². The van der Waals surface area contributed by atoms with Crippen LogP contribution in [0.4, 0.5) is 5.69 Å². The third kappa shape index (κ3) is 3.03. The first-order valence-electron chi connectivity index (χ1n) is 6.90. The lowest BCUT2D eigenvalue weighted by atomic mass is 10.2. The molecule has 3 rings (SSSR count). The van der Waals surface area contributed by atoms with E-state index in [0.717, 1.165) is 4.90 Å².